The molecule has 17 rings (SSSR count). The van der Waals surface area contributed by atoms with Gasteiger partial charge in [0.2, 0.25) is 0 Å². The topological polar surface area (TPSA) is 146 Å². The Labute approximate surface area is 628 Å². The summed E-state index contributed by atoms with van der Waals surface area (Å²) in [6, 6.07) is 54.5. The molecule has 2 N–H and O–H groups in total. The number of benzene rings is 8. The summed E-state index contributed by atoms with van der Waals surface area (Å²) >= 11 is 0. The Morgan fingerprint density at radius 3 is 0.788 bits per heavy atom. The first-order valence-corrected chi connectivity index (χ1v) is 34.5. The normalized spacial score (nSPS) is 22.2. The molecule has 8 bridgehead atoms. The SMILES string of the molecule is [B][10B]C1[10B]([B])C1([10B][B])Cc1ccc(Oc2ccc3c(c2)-c2nc-3nc3[nH]c(nc4nc(nc5[nH]c(n2)c2ccc(Oc6ccc(CC7([10B][B])[10B]([B])C7[10B][B])cc6)cc52)-c2cc(Oc5ccc(CC6([10B][B])[10B]([B])C6[10B][B])cc5)ccc2-4)c2cc(Oc4ccc(CC5([10B][B])[10B]([B])C5[10B][B])cc4)ccc32)cc1. The van der Waals surface area contributed by atoms with Crippen molar-refractivity contribution in [2.24, 2.45) is 0 Å². The number of ether oxygens (including phenoxy) is 4. The van der Waals surface area contributed by atoms with Crippen molar-refractivity contribution in [3.63, 3.8) is 0 Å². The lowest BCUT2D eigenvalue weighted by molar-refractivity contribution is 0.482. The highest BCUT2D eigenvalue weighted by Crippen LogP contribution is 2.64. The molecule has 9 heterocycles. The van der Waals surface area contributed by atoms with Gasteiger partial charge in [0.1, 0.15) is 68.6 Å². The van der Waals surface area contributed by atoms with Crippen LogP contribution in [0.4, 0.5) is 0 Å². The van der Waals surface area contributed by atoms with Crippen molar-refractivity contribution in [2.45, 2.75) is 69.4 Å². The maximum absolute atomic E-state index is 6.64. The fourth-order valence-corrected chi connectivity index (χ4v) is 16.0. The maximum atomic E-state index is 6.64. The molecule has 0 amide bonds. The largest absolute Gasteiger partial charge is 0.457 e. The van der Waals surface area contributed by atoms with Crippen LogP contribution in [0.1, 0.15) is 22.3 Å². The van der Waals surface area contributed by atoms with Crippen molar-refractivity contribution in [1.82, 2.24) is 39.9 Å². The fraction of sp³-hybridized carbons (Fsp3) is 0.176. The molecule has 12 nitrogen and oxygen atoms in total. The average Bonchev–Trinajstić information content (AvgIpc) is 1.59. The molecule has 8 aromatic carbocycles. The molecule has 32 radical (unpaired) electrons. The van der Waals surface area contributed by atoms with E-state index in [0.717, 1.165) is 27.6 Å². The van der Waals surface area contributed by atoms with Gasteiger partial charge < -0.3 is 28.9 Å². The van der Waals surface area contributed by atoms with Crippen LogP contribution in [0.2, 0.25) is 43.7 Å². The van der Waals surface area contributed by atoms with Gasteiger partial charge in [0.15, 0.2) is 23.3 Å². The molecule has 6 aliphatic heterocycles. The molecule has 8 atom stereocenters. The van der Waals surface area contributed by atoms with Crippen LogP contribution in [0.15, 0.2) is 170 Å². The molecular formula is C68H42B24N8O4. The summed E-state index contributed by atoms with van der Waals surface area (Å²) in [7, 11) is 87.5. The first kappa shape index (κ1) is 69.0. The number of H-pyrrole nitrogens is 2. The summed E-state index contributed by atoms with van der Waals surface area (Å²) in [5.41, 5.74) is 8.58. The molecule has 36 heteroatoms. The molecule has 4 fully saturated rings. The van der Waals surface area contributed by atoms with Crippen molar-refractivity contribution >= 4 is 221 Å². The Hall–Kier alpha value is -8.12. The molecule has 104 heavy (non-hydrogen) atoms. The van der Waals surface area contributed by atoms with Gasteiger partial charge in [-0.15, -0.1) is 43.7 Å². The van der Waals surface area contributed by atoms with E-state index in [1.165, 1.54) is 0 Å². The summed E-state index contributed by atoms with van der Waals surface area (Å²) in [6.07, 6.45) is 2.51. The van der Waals surface area contributed by atoms with E-state index >= 15 is 0 Å². The smallest absolute Gasteiger partial charge is 0.164 e. The Balaban J connectivity index is 0.794. The van der Waals surface area contributed by atoms with Gasteiger partial charge in [-0.05, 0) is 169 Å². The molecule has 11 aromatic rings. The Kier molecular flexibility index (Phi) is 17.9. The van der Waals surface area contributed by atoms with Gasteiger partial charge in [-0.1, -0.05) is 48.5 Å². The maximum Gasteiger partial charge on any atom is 0.164 e. The molecule has 3 aromatic heterocycles. The number of hydrogen-bond donors (Lipinski definition) is 2. The van der Waals surface area contributed by atoms with Gasteiger partial charge >= 0.3 is 0 Å². The predicted octanol–water partition coefficient (Wildman–Crippen LogP) is 7.31. The first-order chi connectivity index (χ1) is 50.6. The van der Waals surface area contributed by atoms with E-state index in [4.69, 9.17) is 142 Å². The summed E-state index contributed by atoms with van der Waals surface area (Å²) in [5, 5.41) is 1.15. The minimum Gasteiger partial charge on any atom is -0.457 e. The van der Waals surface area contributed by atoms with E-state index in [0.29, 0.717) is 156 Å². The zero-order valence-corrected chi connectivity index (χ0v) is 56.5. The summed E-state index contributed by atoms with van der Waals surface area (Å²) in [6.45, 7) is -0.632. The van der Waals surface area contributed by atoms with Crippen LogP contribution >= 0.6 is 0 Å². The Bertz CT molecular complexity index is 5370. The van der Waals surface area contributed by atoms with Crippen LogP contribution in [-0.2, 0) is 25.7 Å². The standard InChI is InChI=1S/C68H42B24N8O4/c69-81-61-65(85-73,89(61)77)29-33-1-9-37(10-2-33)101-41-17-21-45-49(25-41)57-94-53(45)93-54-46-22-18-42(102-38-11-3-34(4-12-38)30-66(86-74)62(82-70)90(66)78)26-50(46)58(95-54)97-56-48-24-20-44(104-40-15-7-36(8-16-40)32-68(88-76)64(84-72)92(68)80)28-52(48)60(99-56)100-59-51-27-43(19-23-47(51)55(96-57)98-59)103-39-13-5-35(6-14-39)31-67(87-75)63(83-71)91(67)79/h1-28,61-64H,29-32H2,(H2,93,94,95,96,97,98,99,100)/i81-1,82-1,83-1,84-1,85-1,86-1,87-1,88-1,89-1,90-1,91-1,92-1. The summed E-state index contributed by atoms with van der Waals surface area (Å²) in [4.78, 5) is 39.2. The van der Waals surface area contributed by atoms with E-state index in [9.17, 15) is 0 Å². The van der Waals surface area contributed by atoms with Gasteiger partial charge in [0.05, 0.1) is 55.1 Å². The highest BCUT2D eigenvalue weighted by atomic mass is 16.5. The summed E-state index contributed by atoms with van der Waals surface area (Å²) < 4.78 is 26.5. The van der Waals surface area contributed by atoms with Gasteiger partial charge in [-0.25, -0.2) is 29.9 Å². The third kappa shape index (κ3) is 12.0. The van der Waals surface area contributed by atoms with Crippen LogP contribution in [0, 0.1) is 0 Å². The highest BCUT2D eigenvalue weighted by molar-refractivity contribution is 7.30. The Morgan fingerprint density at radius 1 is 0.288 bits per heavy atom. The minimum atomic E-state index is -0.413. The zero-order valence-electron chi connectivity index (χ0n) is 56.5. The van der Waals surface area contributed by atoms with Crippen LogP contribution in [0.5, 0.6) is 46.0 Å². The second-order valence-corrected chi connectivity index (χ2v) is 28.2. The molecular weight excluding hydrogens is 1240 g/mol. The van der Waals surface area contributed by atoms with Crippen molar-refractivity contribution in [1.29, 1.82) is 0 Å². The van der Waals surface area contributed by atoms with Gasteiger partial charge in [-0.2, -0.15) is 0 Å². The second-order valence-electron chi connectivity index (χ2n) is 28.2. The third-order valence-electron chi connectivity index (χ3n) is 22.5. The molecule has 8 unspecified atom stereocenters. The zero-order chi connectivity index (χ0) is 71.6. The lowest BCUT2D eigenvalue weighted by atomic mass is 8.78. The van der Waals surface area contributed by atoms with Crippen LogP contribution in [-0.4, -0.2) is 216 Å². The summed E-state index contributed by atoms with van der Waals surface area (Å²) in [5.74, 6) is 6.00. The Morgan fingerprint density at radius 2 is 0.529 bits per heavy atom. The van der Waals surface area contributed by atoms with E-state index in [2.05, 4.69) is 9.97 Å². The number of nitrogens with one attached hydrogen (secondary N) is 2. The number of fused-ring (bicyclic) bond motifs is 20. The molecule has 0 saturated carbocycles. The molecule has 450 valence electrons. The third-order valence-corrected chi connectivity index (χ3v) is 22.5. The highest BCUT2D eigenvalue weighted by Gasteiger charge is 2.61. The van der Waals surface area contributed by atoms with Gasteiger partial charge in [0.25, 0.3) is 0 Å². The number of aromatic nitrogens is 8. The fourth-order valence-electron chi connectivity index (χ4n) is 16.0. The van der Waals surface area contributed by atoms with Crippen molar-refractivity contribution in [2.75, 3.05) is 0 Å². The lowest BCUT2D eigenvalue weighted by Gasteiger charge is -2.17. The lowest BCUT2D eigenvalue weighted by Crippen LogP contribution is -2.15. The van der Waals surface area contributed by atoms with E-state index < -0.39 is 20.9 Å². The van der Waals surface area contributed by atoms with Crippen LogP contribution in [0.3, 0.4) is 0 Å². The molecule has 0 aliphatic carbocycles. The quantitative estimate of drug-likeness (QED) is 0.0592. The van der Waals surface area contributed by atoms with Crippen molar-refractivity contribution in [3.8, 4) is 91.5 Å². The molecule has 0 spiro atoms. The predicted molar refractivity (Wildman–Crippen MR) is 441 cm³/mol. The monoisotopic (exact) mass is 1290 g/mol. The average molecular weight is 1290 g/mol. The van der Waals surface area contributed by atoms with Gasteiger partial charge in [0, 0.05) is 165 Å². The van der Waals surface area contributed by atoms with E-state index in [1.54, 1.807) is 57.4 Å². The van der Waals surface area contributed by atoms with Crippen LogP contribution < -0.4 is 18.9 Å². The second kappa shape index (κ2) is 27.0. The number of rotatable bonds is 24. The number of hydrogen-bond acceptors (Lipinski definition) is 10. The molecule has 6 aliphatic rings. The van der Waals surface area contributed by atoms with Crippen LogP contribution in [0.25, 0.3) is 89.7 Å². The minimum absolute atomic E-state index is 0.00768. The van der Waals surface area contributed by atoms with E-state index in [-0.39, 0.29) is 49.3 Å². The van der Waals surface area contributed by atoms with Crippen molar-refractivity contribution in [3.05, 3.63) is 192 Å². The molecule has 4 saturated heterocycles. The number of aromatic amines is 2. The van der Waals surface area contributed by atoms with Crippen molar-refractivity contribution < 1.29 is 18.9 Å². The first-order valence-electron chi connectivity index (χ1n) is 34.5. The van der Waals surface area contributed by atoms with Gasteiger partial charge in [-0.3, -0.25) is 0 Å². The van der Waals surface area contributed by atoms with E-state index in [1.807, 2.05) is 170 Å². The number of nitrogens with zero attached hydrogens (tertiary/aromatic N) is 6.